The lowest BCUT2D eigenvalue weighted by Gasteiger charge is -2.04. The Hall–Kier alpha value is -4.13. The fraction of sp³-hybridized carbons (Fsp3) is 0.0870. The number of nitrogens with one attached hydrogen (secondary N) is 1. The van der Waals surface area contributed by atoms with Crippen LogP contribution < -0.4 is 5.32 Å². The minimum Gasteiger partial charge on any atom is -0.352 e. The van der Waals surface area contributed by atoms with E-state index in [4.69, 9.17) is 5.10 Å². The lowest BCUT2D eigenvalue weighted by atomic mass is 10.1. The second kappa shape index (κ2) is 7.36. The van der Waals surface area contributed by atoms with Crippen molar-refractivity contribution in [3.05, 3.63) is 84.4 Å². The molecule has 1 amide bonds. The maximum absolute atomic E-state index is 12.1. The molecule has 0 fully saturated rings. The van der Waals surface area contributed by atoms with Crippen LogP contribution in [0.15, 0.2) is 73.1 Å². The Morgan fingerprint density at radius 3 is 2.53 bits per heavy atom. The number of benzene rings is 2. The molecule has 0 saturated carbocycles. The van der Waals surface area contributed by atoms with E-state index in [1.165, 1.54) is 0 Å². The van der Waals surface area contributed by atoms with Crippen LogP contribution in [0.1, 0.15) is 16.2 Å². The summed E-state index contributed by atoms with van der Waals surface area (Å²) in [7, 11) is 1.56. The average Bonchev–Trinajstić information content (AvgIpc) is 3.16. The largest absolute Gasteiger partial charge is 0.352 e. The first-order valence-electron chi connectivity index (χ1n) is 9.57. The Balaban J connectivity index is 1.70. The standard InChI is InChI=1S/C23H18N6O/c1-24-23(30)21-26-13-18-20(19-11-16-9-5-6-10-17(16)12-25-19)28-29(22(18)27-21)14-15-7-3-2-4-8-15/h2-13H,14H2,1H3,(H,24,30). The Bertz CT molecular complexity index is 1380. The molecule has 0 aliphatic carbocycles. The van der Waals surface area contributed by atoms with Crippen LogP contribution in [-0.4, -0.2) is 37.7 Å². The SMILES string of the molecule is CNC(=O)c1ncc2c(-c3cc4ccccc4cn3)nn(Cc3ccccc3)c2n1. The van der Waals surface area contributed by atoms with E-state index in [0.717, 1.165) is 27.4 Å². The van der Waals surface area contributed by atoms with Crippen molar-refractivity contribution in [2.45, 2.75) is 6.54 Å². The smallest absolute Gasteiger partial charge is 0.288 e. The monoisotopic (exact) mass is 394 g/mol. The number of aromatic nitrogens is 5. The first-order chi connectivity index (χ1) is 14.7. The van der Waals surface area contributed by atoms with Gasteiger partial charge < -0.3 is 5.32 Å². The molecule has 7 heteroatoms. The molecule has 146 valence electrons. The number of nitrogens with zero attached hydrogens (tertiary/aromatic N) is 5. The van der Waals surface area contributed by atoms with Gasteiger partial charge in [0.1, 0.15) is 5.69 Å². The van der Waals surface area contributed by atoms with E-state index in [9.17, 15) is 4.79 Å². The van der Waals surface area contributed by atoms with Crippen LogP contribution >= 0.6 is 0 Å². The molecule has 0 unspecified atom stereocenters. The Morgan fingerprint density at radius 2 is 1.73 bits per heavy atom. The van der Waals surface area contributed by atoms with Gasteiger partial charge >= 0.3 is 0 Å². The summed E-state index contributed by atoms with van der Waals surface area (Å²) >= 11 is 0. The lowest BCUT2D eigenvalue weighted by molar-refractivity contribution is 0.0953. The first kappa shape index (κ1) is 17.9. The second-order valence-electron chi connectivity index (χ2n) is 6.92. The summed E-state index contributed by atoms with van der Waals surface area (Å²) in [6, 6.07) is 20.1. The van der Waals surface area contributed by atoms with Gasteiger partial charge in [-0.25, -0.2) is 14.6 Å². The van der Waals surface area contributed by atoms with Gasteiger partial charge in [0.2, 0.25) is 5.82 Å². The third kappa shape index (κ3) is 3.16. The third-order valence-electron chi connectivity index (χ3n) is 4.97. The Labute approximate surface area is 172 Å². The molecule has 0 atom stereocenters. The van der Waals surface area contributed by atoms with Gasteiger partial charge in [-0.3, -0.25) is 9.78 Å². The van der Waals surface area contributed by atoms with Crippen molar-refractivity contribution < 1.29 is 4.79 Å². The maximum Gasteiger partial charge on any atom is 0.288 e. The molecule has 5 rings (SSSR count). The molecule has 1 N–H and O–H groups in total. The summed E-state index contributed by atoms with van der Waals surface area (Å²) in [4.78, 5) is 25.4. The van der Waals surface area contributed by atoms with E-state index in [2.05, 4.69) is 20.3 Å². The Kier molecular flexibility index (Phi) is 4.40. The number of carbonyl (C=O) groups is 1. The van der Waals surface area contributed by atoms with E-state index in [0.29, 0.717) is 17.9 Å². The molecular weight excluding hydrogens is 376 g/mol. The topological polar surface area (TPSA) is 85.6 Å². The molecule has 0 spiro atoms. The second-order valence-corrected chi connectivity index (χ2v) is 6.92. The zero-order chi connectivity index (χ0) is 20.5. The zero-order valence-electron chi connectivity index (χ0n) is 16.3. The van der Waals surface area contributed by atoms with Crippen molar-refractivity contribution in [3.8, 4) is 11.4 Å². The molecule has 0 saturated heterocycles. The predicted octanol–water partition coefficient (Wildman–Crippen LogP) is 3.45. The molecule has 0 bridgehead atoms. The summed E-state index contributed by atoms with van der Waals surface area (Å²) in [5.74, 6) is -0.230. The highest BCUT2D eigenvalue weighted by atomic mass is 16.2. The van der Waals surface area contributed by atoms with Crippen LogP contribution in [0.3, 0.4) is 0 Å². The van der Waals surface area contributed by atoms with Crippen LogP contribution in [-0.2, 0) is 6.54 Å². The summed E-state index contributed by atoms with van der Waals surface area (Å²) in [6.07, 6.45) is 3.49. The summed E-state index contributed by atoms with van der Waals surface area (Å²) < 4.78 is 1.80. The van der Waals surface area contributed by atoms with Gasteiger partial charge in [-0.2, -0.15) is 5.10 Å². The van der Waals surface area contributed by atoms with Crippen molar-refractivity contribution in [3.63, 3.8) is 0 Å². The highest BCUT2D eigenvalue weighted by Gasteiger charge is 2.18. The Morgan fingerprint density at radius 1 is 0.967 bits per heavy atom. The number of pyridine rings is 1. The number of hydrogen-bond donors (Lipinski definition) is 1. The van der Waals surface area contributed by atoms with E-state index in [1.807, 2.05) is 66.9 Å². The van der Waals surface area contributed by atoms with Gasteiger partial charge in [0, 0.05) is 24.8 Å². The fourth-order valence-electron chi connectivity index (χ4n) is 3.45. The van der Waals surface area contributed by atoms with Crippen molar-refractivity contribution in [2.75, 3.05) is 7.05 Å². The molecule has 3 heterocycles. The van der Waals surface area contributed by atoms with Crippen molar-refractivity contribution in [1.82, 2.24) is 30.0 Å². The minimum absolute atomic E-state index is 0.109. The summed E-state index contributed by atoms with van der Waals surface area (Å²) in [5.41, 5.74) is 3.11. The van der Waals surface area contributed by atoms with E-state index >= 15 is 0 Å². The maximum atomic E-state index is 12.1. The number of hydrogen-bond acceptors (Lipinski definition) is 5. The molecular formula is C23H18N6O. The molecule has 30 heavy (non-hydrogen) atoms. The van der Waals surface area contributed by atoms with E-state index in [-0.39, 0.29) is 11.7 Å². The van der Waals surface area contributed by atoms with Crippen LogP contribution in [0.5, 0.6) is 0 Å². The number of carbonyl (C=O) groups excluding carboxylic acids is 1. The molecule has 0 aliphatic heterocycles. The van der Waals surface area contributed by atoms with E-state index in [1.54, 1.807) is 17.9 Å². The van der Waals surface area contributed by atoms with Crippen molar-refractivity contribution >= 4 is 27.7 Å². The van der Waals surface area contributed by atoms with Gasteiger partial charge in [0.25, 0.3) is 5.91 Å². The van der Waals surface area contributed by atoms with Crippen molar-refractivity contribution in [1.29, 1.82) is 0 Å². The summed E-state index contributed by atoms with van der Waals surface area (Å²) in [6.45, 7) is 0.523. The van der Waals surface area contributed by atoms with Crippen LogP contribution in [0.2, 0.25) is 0 Å². The van der Waals surface area contributed by atoms with Gasteiger partial charge in [-0.05, 0) is 17.0 Å². The average molecular weight is 394 g/mol. The highest BCUT2D eigenvalue weighted by Crippen LogP contribution is 2.28. The van der Waals surface area contributed by atoms with Gasteiger partial charge in [0.15, 0.2) is 5.65 Å². The third-order valence-corrected chi connectivity index (χ3v) is 4.97. The normalized spacial score (nSPS) is 11.1. The molecule has 0 radical (unpaired) electrons. The molecule has 0 aliphatic rings. The molecule has 2 aromatic carbocycles. The summed E-state index contributed by atoms with van der Waals surface area (Å²) in [5, 5.41) is 10.3. The van der Waals surface area contributed by atoms with Gasteiger partial charge in [0.05, 0.1) is 17.6 Å². The van der Waals surface area contributed by atoms with Gasteiger partial charge in [-0.15, -0.1) is 0 Å². The quantitative estimate of drug-likeness (QED) is 0.505. The molecule has 3 aromatic heterocycles. The predicted molar refractivity (Wildman–Crippen MR) is 115 cm³/mol. The van der Waals surface area contributed by atoms with Crippen LogP contribution in [0, 0.1) is 0 Å². The number of rotatable bonds is 4. The van der Waals surface area contributed by atoms with Crippen LogP contribution in [0.4, 0.5) is 0 Å². The van der Waals surface area contributed by atoms with Gasteiger partial charge in [-0.1, -0.05) is 54.6 Å². The fourth-order valence-corrected chi connectivity index (χ4v) is 3.45. The molecule has 5 aromatic rings. The number of fused-ring (bicyclic) bond motifs is 2. The first-order valence-corrected chi connectivity index (χ1v) is 9.57. The lowest BCUT2D eigenvalue weighted by Crippen LogP contribution is -2.21. The highest BCUT2D eigenvalue weighted by molar-refractivity contribution is 5.96. The number of amides is 1. The van der Waals surface area contributed by atoms with E-state index < -0.39 is 0 Å². The van der Waals surface area contributed by atoms with Crippen molar-refractivity contribution in [2.24, 2.45) is 0 Å². The molecule has 7 nitrogen and oxygen atoms in total. The van der Waals surface area contributed by atoms with Crippen LogP contribution in [0.25, 0.3) is 33.2 Å². The minimum atomic E-state index is -0.338. The zero-order valence-corrected chi connectivity index (χ0v) is 16.3.